The molecule has 1 aromatic heterocycles. The van der Waals surface area contributed by atoms with Gasteiger partial charge in [-0.15, -0.1) is 11.3 Å². The molecule has 7 heteroatoms. The van der Waals surface area contributed by atoms with Crippen LogP contribution in [-0.2, 0) is 21.3 Å². The number of sulfonamides is 1. The van der Waals surface area contributed by atoms with Crippen molar-refractivity contribution in [3.63, 3.8) is 0 Å². The highest BCUT2D eigenvalue weighted by Crippen LogP contribution is 2.31. The Bertz CT molecular complexity index is 539. The van der Waals surface area contributed by atoms with Crippen LogP contribution < -0.4 is 5.32 Å². The van der Waals surface area contributed by atoms with Gasteiger partial charge in [-0.05, 0) is 31.3 Å². The molecule has 108 valence electrons. The Kier molecular flexibility index (Phi) is 4.62. The van der Waals surface area contributed by atoms with Gasteiger partial charge in [-0.2, -0.15) is 4.31 Å². The molecule has 0 saturated carbocycles. The van der Waals surface area contributed by atoms with Crippen LogP contribution >= 0.6 is 11.3 Å². The quantitative estimate of drug-likeness (QED) is 0.887. The molecule has 2 heterocycles. The topological polar surface area (TPSA) is 58.6 Å². The van der Waals surface area contributed by atoms with Crippen molar-refractivity contribution in [3.8, 4) is 0 Å². The number of thiophene rings is 1. The van der Waals surface area contributed by atoms with E-state index >= 15 is 0 Å². The number of nitrogens with zero attached hydrogens (tertiary/aromatic N) is 1. The van der Waals surface area contributed by atoms with Gasteiger partial charge in [0, 0.05) is 31.6 Å². The Hall–Kier alpha value is -0.470. The Morgan fingerprint density at radius 1 is 1.58 bits per heavy atom. The first-order valence-electron chi connectivity index (χ1n) is 6.25. The van der Waals surface area contributed by atoms with Crippen molar-refractivity contribution in [2.75, 3.05) is 27.2 Å². The fraction of sp³-hybridized carbons (Fsp3) is 0.667. The van der Waals surface area contributed by atoms with Gasteiger partial charge in [-0.25, -0.2) is 8.42 Å². The monoisotopic (exact) mass is 304 g/mol. The van der Waals surface area contributed by atoms with E-state index in [0.29, 0.717) is 24.5 Å². The van der Waals surface area contributed by atoms with E-state index in [2.05, 4.69) is 5.32 Å². The summed E-state index contributed by atoms with van der Waals surface area (Å²) in [6, 6.07) is 0. The second-order valence-corrected chi connectivity index (χ2v) is 7.55. The number of aryl methyl sites for hydroxylation is 1. The number of ether oxygens (including phenoxy) is 1. The molecule has 1 fully saturated rings. The lowest BCUT2D eigenvalue weighted by Crippen LogP contribution is -2.31. The van der Waals surface area contributed by atoms with Crippen LogP contribution in [0.15, 0.2) is 10.3 Å². The molecule has 1 aromatic rings. The minimum absolute atomic E-state index is 0.0152. The summed E-state index contributed by atoms with van der Waals surface area (Å²) >= 11 is 1.49. The van der Waals surface area contributed by atoms with Crippen LogP contribution in [0, 0.1) is 6.92 Å². The molecule has 0 radical (unpaired) electrons. The van der Waals surface area contributed by atoms with Crippen LogP contribution in [-0.4, -0.2) is 46.1 Å². The van der Waals surface area contributed by atoms with Gasteiger partial charge in [0.05, 0.1) is 6.10 Å². The molecule has 1 unspecified atom stereocenters. The number of methoxy groups -OCH3 is 1. The molecule has 0 aromatic carbocycles. The summed E-state index contributed by atoms with van der Waals surface area (Å²) in [4.78, 5) is 1.35. The van der Waals surface area contributed by atoms with Crippen molar-refractivity contribution in [1.29, 1.82) is 0 Å². The molecule has 0 aliphatic carbocycles. The zero-order chi connectivity index (χ0) is 14.0. The lowest BCUT2D eigenvalue weighted by molar-refractivity contribution is 0.115. The van der Waals surface area contributed by atoms with E-state index in [4.69, 9.17) is 4.74 Å². The highest BCUT2D eigenvalue weighted by molar-refractivity contribution is 7.89. The predicted octanol–water partition coefficient (Wildman–Crippen LogP) is 1.19. The van der Waals surface area contributed by atoms with Crippen molar-refractivity contribution in [2.45, 2.75) is 30.9 Å². The molecule has 1 saturated heterocycles. The summed E-state index contributed by atoms with van der Waals surface area (Å²) in [5.41, 5.74) is 0.830. The van der Waals surface area contributed by atoms with Crippen molar-refractivity contribution < 1.29 is 13.2 Å². The number of hydrogen-bond acceptors (Lipinski definition) is 5. The maximum Gasteiger partial charge on any atom is 0.244 e. The summed E-state index contributed by atoms with van der Waals surface area (Å²) in [6.45, 7) is 3.42. The lowest BCUT2D eigenvalue weighted by atomic mass is 10.3. The zero-order valence-electron chi connectivity index (χ0n) is 11.5. The third-order valence-corrected chi connectivity index (χ3v) is 6.70. The van der Waals surface area contributed by atoms with Crippen LogP contribution in [0.5, 0.6) is 0 Å². The first kappa shape index (κ1) is 14.9. The van der Waals surface area contributed by atoms with Gasteiger partial charge in [0.2, 0.25) is 10.0 Å². The average Bonchev–Trinajstić information content (AvgIpc) is 2.97. The molecule has 0 bridgehead atoms. The van der Waals surface area contributed by atoms with E-state index < -0.39 is 10.0 Å². The molecule has 1 atom stereocenters. The molecule has 19 heavy (non-hydrogen) atoms. The van der Waals surface area contributed by atoms with Crippen molar-refractivity contribution in [1.82, 2.24) is 9.62 Å². The van der Waals surface area contributed by atoms with E-state index in [1.54, 1.807) is 7.11 Å². The van der Waals surface area contributed by atoms with Crippen LogP contribution in [0.1, 0.15) is 16.9 Å². The smallest absolute Gasteiger partial charge is 0.244 e. The molecule has 1 aliphatic heterocycles. The maximum atomic E-state index is 12.7. The molecule has 5 nitrogen and oxygen atoms in total. The minimum atomic E-state index is -3.40. The SMILES string of the molecule is CNCc1scc(C)c1S(=O)(=O)N1CCC(OC)C1. The largest absolute Gasteiger partial charge is 0.380 e. The molecule has 2 rings (SSSR count). The Balaban J connectivity index is 2.32. The fourth-order valence-electron chi connectivity index (χ4n) is 2.35. The predicted molar refractivity (Wildman–Crippen MR) is 76.0 cm³/mol. The van der Waals surface area contributed by atoms with Gasteiger partial charge in [-0.1, -0.05) is 0 Å². The van der Waals surface area contributed by atoms with E-state index in [1.807, 2.05) is 19.4 Å². The summed E-state index contributed by atoms with van der Waals surface area (Å²) in [5.74, 6) is 0. The molecule has 1 N–H and O–H groups in total. The van der Waals surface area contributed by atoms with Crippen LogP contribution in [0.4, 0.5) is 0 Å². The third kappa shape index (κ3) is 2.85. The lowest BCUT2D eigenvalue weighted by Gasteiger charge is -2.17. The van der Waals surface area contributed by atoms with Gasteiger partial charge in [0.15, 0.2) is 0 Å². The molecular weight excluding hydrogens is 284 g/mol. The van der Waals surface area contributed by atoms with Gasteiger partial charge < -0.3 is 10.1 Å². The number of hydrogen-bond donors (Lipinski definition) is 1. The maximum absolute atomic E-state index is 12.7. The summed E-state index contributed by atoms with van der Waals surface area (Å²) in [7, 11) is 0.0516. The number of rotatable bonds is 5. The summed E-state index contributed by atoms with van der Waals surface area (Å²) in [5, 5.41) is 4.93. The minimum Gasteiger partial charge on any atom is -0.380 e. The first-order valence-corrected chi connectivity index (χ1v) is 8.57. The second kappa shape index (κ2) is 5.88. The van der Waals surface area contributed by atoms with Gasteiger partial charge in [0.25, 0.3) is 0 Å². The van der Waals surface area contributed by atoms with Crippen LogP contribution in [0.25, 0.3) is 0 Å². The third-order valence-electron chi connectivity index (χ3n) is 3.37. The Morgan fingerprint density at radius 3 is 2.89 bits per heavy atom. The van der Waals surface area contributed by atoms with E-state index in [9.17, 15) is 8.42 Å². The van der Waals surface area contributed by atoms with Gasteiger partial charge in [-0.3, -0.25) is 0 Å². The number of nitrogens with one attached hydrogen (secondary N) is 1. The van der Waals surface area contributed by atoms with E-state index in [-0.39, 0.29) is 6.10 Å². The fourth-order valence-corrected chi connectivity index (χ4v) is 5.61. The average molecular weight is 304 g/mol. The van der Waals surface area contributed by atoms with Crippen LogP contribution in [0.3, 0.4) is 0 Å². The highest BCUT2D eigenvalue weighted by atomic mass is 32.2. The van der Waals surface area contributed by atoms with Crippen molar-refractivity contribution >= 4 is 21.4 Å². The van der Waals surface area contributed by atoms with Gasteiger partial charge in [0.1, 0.15) is 4.90 Å². The summed E-state index contributed by atoms with van der Waals surface area (Å²) < 4.78 is 32.2. The van der Waals surface area contributed by atoms with E-state index in [1.165, 1.54) is 15.6 Å². The van der Waals surface area contributed by atoms with Crippen molar-refractivity contribution in [3.05, 3.63) is 15.8 Å². The normalized spacial score (nSPS) is 21.1. The van der Waals surface area contributed by atoms with Gasteiger partial charge >= 0.3 is 0 Å². The van der Waals surface area contributed by atoms with Crippen molar-refractivity contribution in [2.24, 2.45) is 0 Å². The first-order chi connectivity index (χ1) is 9.00. The molecule has 0 amide bonds. The molecule has 0 spiro atoms. The molecule has 1 aliphatic rings. The zero-order valence-corrected chi connectivity index (χ0v) is 13.1. The Morgan fingerprint density at radius 2 is 2.32 bits per heavy atom. The standard InChI is InChI=1S/C12H20N2O3S2/c1-9-8-18-11(6-13-2)12(9)19(15,16)14-5-4-10(7-14)17-3/h8,10,13H,4-7H2,1-3H3. The second-order valence-electron chi connectivity index (χ2n) is 4.71. The molecular formula is C12H20N2O3S2. The highest BCUT2D eigenvalue weighted by Gasteiger charge is 2.35. The Labute approximate surface area is 118 Å². The van der Waals surface area contributed by atoms with E-state index in [0.717, 1.165) is 16.9 Å². The van der Waals surface area contributed by atoms with Crippen LogP contribution in [0.2, 0.25) is 0 Å². The summed E-state index contributed by atoms with van der Waals surface area (Å²) in [6.07, 6.45) is 0.779.